The maximum Gasteiger partial charge on any atom is 0.327 e. The Kier molecular flexibility index (Phi) is 4.28. The third-order valence-electron chi connectivity index (χ3n) is 4.26. The second-order valence-corrected chi connectivity index (χ2v) is 5.67. The summed E-state index contributed by atoms with van der Waals surface area (Å²) in [7, 11) is 3.01. The Bertz CT molecular complexity index is 668. The minimum absolute atomic E-state index is 0.297. The molecular formula is C16H19N3O5. The second-order valence-electron chi connectivity index (χ2n) is 5.67. The average molecular weight is 333 g/mol. The Morgan fingerprint density at radius 1 is 1.29 bits per heavy atom. The van der Waals surface area contributed by atoms with Crippen molar-refractivity contribution < 1.29 is 23.9 Å². The van der Waals surface area contributed by atoms with Crippen LogP contribution < -0.4 is 14.8 Å². The number of carbonyl (C=O) groups is 3. The van der Waals surface area contributed by atoms with Gasteiger partial charge in [-0.2, -0.15) is 0 Å². The molecule has 1 aromatic carbocycles. The highest BCUT2D eigenvalue weighted by Crippen LogP contribution is 2.30. The number of fused-ring (bicyclic) bond motifs is 1. The molecular weight excluding hydrogens is 314 g/mol. The van der Waals surface area contributed by atoms with Crippen molar-refractivity contribution in [2.24, 2.45) is 0 Å². The molecule has 0 bridgehead atoms. The van der Waals surface area contributed by atoms with Crippen molar-refractivity contribution in [2.45, 2.75) is 18.9 Å². The highest BCUT2D eigenvalue weighted by molar-refractivity contribution is 6.08. The van der Waals surface area contributed by atoms with Crippen LogP contribution in [0.3, 0.4) is 0 Å². The molecule has 3 rings (SSSR count). The summed E-state index contributed by atoms with van der Waals surface area (Å²) < 4.78 is 10.3. The van der Waals surface area contributed by atoms with Crippen LogP contribution in [-0.4, -0.2) is 61.0 Å². The number of methoxy groups -OCH3 is 2. The topological polar surface area (TPSA) is 88.2 Å². The molecule has 128 valence electrons. The number of nitrogens with one attached hydrogen (secondary N) is 1. The zero-order valence-electron chi connectivity index (χ0n) is 13.6. The van der Waals surface area contributed by atoms with Gasteiger partial charge in [0.25, 0.3) is 5.91 Å². The van der Waals surface area contributed by atoms with E-state index in [2.05, 4.69) is 5.32 Å². The molecule has 0 unspecified atom stereocenters. The summed E-state index contributed by atoms with van der Waals surface area (Å²) >= 11 is 0. The van der Waals surface area contributed by atoms with Gasteiger partial charge in [-0.1, -0.05) is 0 Å². The summed E-state index contributed by atoms with van der Waals surface area (Å²) in [4.78, 5) is 39.2. The molecule has 1 aromatic rings. The third kappa shape index (κ3) is 2.75. The van der Waals surface area contributed by atoms with Crippen molar-refractivity contribution in [2.75, 3.05) is 32.6 Å². The van der Waals surface area contributed by atoms with Gasteiger partial charge in [0.1, 0.15) is 24.1 Å². The number of anilines is 1. The maximum atomic E-state index is 12.2. The smallest absolute Gasteiger partial charge is 0.327 e. The Morgan fingerprint density at radius 2 is 2.08 bits per heavy atom. The van der Waals surface area contributed by atoms with Crippen molar-refractivity contribution in [1.29, 1.82) is 0 Å². The number of amides is 4. The van der Waals surface area contributed by atoms with E-state index < -0.39 is 11.9 Å². The van der Waals surface area contributed by atoms with Gasteiger partial charge in [0.05, 0.1) is 19.9 Å². The molecule has 24 heavy (non-hydrogen) atoms. The van der Waals surface area contributed by atoms with Gasteiger partial charge in [-0.25, -0.2) is 4.79 Å². The molecule has 1 N–H and O–H groups in total. The molecule has 2 fully saturated rings. The van der Waals surface area contributed by atoms with Crippen LogP contribution in [-0.2, 0) is 9.59 Å². The lowest BCUT2D eigenvalue weighted by Gasteiger charge is -2.16. The lowest BCUT2D eigenvalue weighted by molar-refractivity contribution is -0.131. The lowest BCUT2D eigenvalue weighted by Crippen LogP contribution is -2.39. The minimum Gasteiger partial charge on any atom is -0.497 e. The Balaban J connectivity index is 1.68. The molecule has 0 aromatic heterocycles. The molecule has 2 aliphatic rings. The number of hydrogen-bond acceptors (Lipinski definition) is 5. The first-order valence-corrected chi connectivity index (χ1v) is 7.69. The van der Waals surface area contributed by atoms with Crippen LogP contribution in [0.2, 0.25) is 0 Å². The van der Waals surface area contributed by atoms with Gasteiger partial charge in [-0.3, -0.25) is 14.5 Å². The minimum atomic E-state index is -0.457. The van der Waals surface area contributed by atoms with E-state index >= 15 is 0 Å². The van der Waals surface area contributed by atoms with Gasteiger partial charge in [0.15, 0.2) is 0 Å². The zero-order chi connectivity index (χ0) is 17.3. The van der Waals surface area contributed by atoms with Crippen molar-refractivity contribution in [1.82, 2.24) is 9.80 Å². The normalized spacial score (nSPS) is 19.5. The summed E-state index contributed by atoms with van der Waals surface area (Å²) in [5.74, 6) is 0.272. The number of imide groups is 1. The number of ether oxygens (including phenoxy) is 2. The van der Waals surface area contributed by atoms with Crippen molar-refractivity contribution in [3.8, 4) is 11.5 Å². The summed E-state index contributed by atoms with van der Waals surface area (Å²) in [5.41, 5.74) is 0.447. The molecule has 0 spiro atoms. The van der Waals surface area contributed by atoms with E-state index in [1.165, 1.54) is 19.1 Å². The fourth-order valence-electron chi connectivity index (χ4n) is 3.06. The molecule has 1 atom stereocenters. The quantitative estimate of drug-likeness (QED) is 0.814. The zero-order valence-corrected chi connectivity index (χ0v) is 13.6. The standard InChI is InChI=1S/C16H19N3O5/c1-23-10-5-6-11(13(8-10)24-2)17-14(20)9-19-15(21)12-4-3-7-18(12)16(19)22/h5-6,8,12H,3-4,7,9H2,1-2H3,(H,17,20)/t12-/m1/s1. The molecule has 8 heteroatoms. The predicted molar refractivity (Wildman–Crippen MR) is 85.0 cm³/mol. The average Bonchev–Trinajstić information content (AvgIpc) is 3.15. The van der Waals surface area contributed by atoms with Crippen LogP contribution in [0.5, 0.6) is 11.5 Å². The first kappa shape index (κ1) is 16.1. The summed E-state index contributed by atoms with van der Waals surface area (Å²) in [6, 6.07) is 4.17. The SMILES string of the molecule is COc1ccc(NC(=O)CN2C(=O)[C@H]3CCCN3C2=O)c(OC)c1. The number of benzene rings is 1. The van der Waals surface area contributed by atoms with E-state index in [0.29, 0.717) is 30.2 Å². The summed E-state index contributed by atoms with van der Waals surface area (Å²) in [6.45, 7) is 0.263. The molecule has 0 aliphatic carbocycles. The van der Waals surface area contributed by atoms with Crippen molar-refractivity contribution in [3.05, 3.63) is 18.2 Å². The molecule has 8 nitrogen and oxygen atoms in total. The maximum absolute atomic E-state index is 12.2. The van der Waals surface area contributed by atoms with Gasteiger partial charge < -0.3 is 19.7 Å². The summed E-state index contributed by atoms with van der Waals surface area (Å²) in [5, 5.41) is 2.66. The number of hydrogen-bond donors (Lipinski definition) is 1. The van der Waals surface area contributed by atoms with Crippen LogP contribution in [0.25, 0.3) is 0 Å². The number of nitrogens with zero attached hydrogens (tertiary/aromatic N) is 2. The van der Waals surface area contributed by atoms with Crippen LogP contribution in [0, 0.1) is 0 Å². The molecule has 2 heterocycles. The first-order valence-electron chi connectivity index (χ1n) is 7.69. The Labute approximate surface area is 139 Å². The van der Waals surface area contributed by atoms with Crippen LogP contribution >= 0.6 is 0 Å². The van der Waals surface area contributed by atoms with E-state index in [4.69, 9.17) is 9.47 Å². The highest BCUT2D eigenvalue weighted by Gasteiger charge is 2.47. The van der Waals surface area contributed by atoms with E-state index in [0.717, 1.165) is 11.3 Å². The van der Waals surface area contributed by atoms with Gasteiger partial charge in [0, 0.05) is 12.6 Å². The number of rotatable bonds is 5. The van der Waals surface area contributed by atoms with E-state index in [9.17, 15) is 14.4 Å². The second kappa shape index (κ2) is 6.38. The Hall–Kier alpha value is -2.77. The van der Waals surface area contributed by atoms with Gasteiger partial charge in [0.2, 0.25) is 5.91 Å². The monoisotopic (exact) mass is 333 g/mol. The number of carbonyl (C=O) groups excluding carboxylic acids is 3. The highest BCUT2D eigenvalue weighted by atomic mass is 16.5. The first-order chi connectivity index (χ1) is 11.5. The van der Waals surface area contributed by atoms with Crippen LogP contribution in [0.1, 0.15) is 12.8 Å². The van der Waals surface area contributed by atoms with Crippen molar-refractivity contribution >= 4 is 23.5 Å². The van der Waals surface area contributed by atoms with Gasteiger partial charge in [-0.05, 0) is 25.0 Å². The fourth-order valence-corrected chi connectivity index (χ4v) is 3.06. The van der Waals surface area contributed by atoms with E-state index in [1.54, 1.807) is 18.2 Å². The van der Waals surface area contributed by atoms with Gasteiger partial charge >= 0.3 is 6.03 Å². The lowest BCUT2D eigenvalue weighted by atomic mass is 10.2. The largest absolute Gasteiger partial charge is 0.497 e. The molecule has 2 saturated heterocycles. The molecule has 4 amide bonds. The van der Waals surface area contributed by atoms with E-state index in [-0.39, 0.29) is 18.5 Å². The fraction of sp³-hybridized carbons (Fsp3) is 0.438. The predicted octanol–water partition coefficient (Wildman–Crippen LogP) is 1.07. The Morgan fingerprint density at radius 3 is 2.75 bits per heavy atom. The molecule has 0 saturated carbocycles. The molecule has 2 aliphatic heterocycles. The van der Waals surface area contributed by atoms with Crippen molar-refractivity contribution in [3.63, 3.8) is 0 Å². The van der Waals surface area contributed by atoms with E-state index in [1.807, 2.05) is 0 Å². The number of urea groups is 1. The van der Waals surface area contributed by atoms with Crippen LogP contribution in [0.15, 0.2) is 18.2 Å². The van der Waals surface area contributed by atoms with Crippen LogP contribution in [0.4, 0.5) is 10.5 Å². The third-order valence-corrected chi connectivity index (χ3v) is 4.26. The summed E-state index contributed by atoms with van der Waals surface area (Å²) in [6.07, 6.45) is 1.49. The molecule has 0 radical (unpaired) electrons. The van der Waals surface area contributed by atoms with Gasteiger partial charge in [-0.15, -0.1) is 0 Å².